The minimum absolute atomic E-state index is 0. The van der Waals surface area contributed by atoms with Gasteiger partial charge < -0.3 is 38.3 Å². The van der Waals surface area contributed by atoms with E-state index in [0.29, 0.717) is 27.4 Å². The highest BCUT2D eigenvalue weighted by Crippen LogP contribution is 2.22. The van der Waals surface area contributed by atoms with E-state index in [2.05, 4.69) is 0 Å². The zero-order valence-electron chi connectivity index (χ0n) is 37.1. The maximum Gasteiger partial charge on any atom is 0.420 e. The number of methoxy groups -OCH3 is 2. The second kappa shape index (κ2) is 25.6. The molecule has 0 heterocycles. The van der Waals surface area contributed by atoms with E-state index in [0.717, 1.165) is 7.11 Å². The third-order valence-electron chi connectivity index (χ3n) is 6.60. The second-order valence-electron chi connectivity index (χ2n) is 16.7. The molecule has 0 aliphatic heterocycles. The van der Waals surface area contributed by atoms with Crippen LogP contribution in [0.1, 0.15) is 137 Å². The van der Waals surface area contributed by atoms with Crippen LogP contribution in [0.3, 0.4) is 0 Å². The second-order valence-corrected chi connectivity index (χ2v) is 16.7. The molecule has 0 saturated heterocycles. The van der Waals surface area contributed by atoms with E-state index in [1.54, 1.807) is 116 Å². The van der Waals surface area contributed by atoms with E-state index in [1.165, 1.54) is 7.11 Å². The van der Waals surface area contributed by atoms with Gasteiger partial charge in [-0.1, -0.05) is 25.2 Å². The number of ether oxygens (including phenoxy) is 7. The van der Waals surface area contributed by atoms with Crippen molar-refractivity contribution in [3.63, 3.8) is 0 Å². The smallest absolute Gasteiger partial charge is 0.420 e. The first-order valence-electron chi connectivity index (χ1n) is 18.6. The van der Waals surface area contributed by atoms with Gasteiger partial charge in [-0.3, -0.25) is 0 Å². The fraction of sp³-hybridized carbons (Fsp3) is 0.732. The Balaban J connectivity index is -0.00000103. The van der Waals surface area contributed by atoms with Gasteiger partial charge in [0.2, 0.25) is 0 Å². The summed E-state index contributed by atoms with van der Waals surface area (Å²) in [4.78, 5) is 88.5. The number of nitrogens with zero attached hydrogens (tertiary/aromatic N) is 2. The van der Waals surface area contributed by atoms with Crippen LogP contribution in [0.15, 0.2) is 23.3 Å². The minimum Gasteiger partial charge on any atom is -0.467 e. The fourth-order valence-electron chi connectivity index (χ4n) is 4.22. The topological polar surface area (TPSA) is 211 Å². The maximum absolute atomic E-state index is 12.7. The Labute approximate surface area is 345 Å². The van der Waals surface area contributed by atoms with Gasteiger partial charge in [-0.25, -0.2) is 33.6 Å². The molecule has 0 aliphatic rings. The van der Waals surface area contributed by atoms with Crippen molar-refractivity contribution in [1.82, 2.24) is 9.80 Å². The van der Waals surface area contributed by atoms with Gasteiger partial charge in [0.25, 0.3) is 0 Å². The summed E-state index contributed by atoms with van der Waals surface area (Å²) in [5.41, 5.74) is -2.49. The predicted octanol–water partition coefficient (Wildman–Crippen LogP) is 8.04. The Morgan fingerprint density at radius 2 is 0.862 bits per heavy atom. The largest absolute Gasteiger partial charge is 0.467 e. The number of hydrogen-bond acceptors (Lipinski definition) is 15. The van der Waals surface area contributed by atoms with E-state index < -0.39 is 76.8 Å². The normalized spacial score (nSPS) is 13.1. The highest BCUT2D eigenvalue weighted by molar-refractivity contribution is 5.95. The first-order chi connectivity index (χ1) is 25.8. The summed E-state index contributed by atoms with van der Waals surface area (Å²) in [7, 11) is 2.32. The zero-order chi connectivity index (χ0) is 45.1. The molecule has 17 heteroatoms. The summed E-state index contributed by atoms with van der Waals surface area (Å²) in [6, 6.07) is -2.52. The Hall–Kier alpha value is -4.67. The van der Waals surface area contributed by atoms with Crippen molar-refractivity contribution in [3.05, 3.63) is 23.3 Å². The van der Waals surface area contributed by atoms with Crippen LogP contribution in [0.25, 0.3) is 0 Å². The summed E-state index contributed by atoms with van der Waals surface area (Å²) in [6.07, 6.45) is -0.110. The third kappa shape index (κ3) is 24.9. The summed E-state index contributed by atoms with van der Waals surface area (Å²) in [5.74, 6) is -2.06. The standard InChI is InChI=1S/C21H35NO8.C19H33NO7.CH4/c1-10-28-16(23)14(2)12-11-13-15(17(24)27-9)22(18(25)29-20(3,4)5)19(26)30-21(6,7)8;1-13(12-21)10-9-11-14(15(22)25-8)20(16(23)26-18(2,3)4)17(24)27-19(5,6)7;/h12,15H,10-11,13H2,1-9H3;10,14,21H,9,11-12H2,1-8H3;1H4/b14-12-;13-10+;/t15-;14-;/m00./s1. The molecule has 0 rings (SSSR count). The van der Waals surface area contributed by atoms with E-state index in [9.17, 15) is 33.6 Å². The molecule has 0 bridgehead atoms. The average Bonchev–Trinajstić information content (AvgIpc) is 3.03. The van der Waals surface area contributed by atoms with Crippen LogP contribution in [0.4, 0.5) is 19.2 Å². The van der Waals surface area contributed by atoms with Crippen molar-refractivity contribution in [2.75, 3.05) is 27.4 Å². The van der Waals surface area contributed by atoms with E-state index >= 15 is 0 Å². The van der Waals surface area contributed by atoms with Gasteiger partial charge in [0, 0.05) is 5.57 Å². The quantitative estimate of drug-likeness (QED) is 0.0805. The molecule has 58 heavy (non-hydrogen) atoms. The SMILES string of the molecule is C.CCOC(=O)/C(C)=C\CC[C@@H](C(=O)OC)N(C(=O)OC(C)(C)C)C(=O)OC(C)(C)C.COC(=O)[C@H](CC/C=C(\C)CO)N(C(=O)OC(C)(C)C)C(=O)OC(C)(C)C. The van der Waals surface area contributed by atoms with Crippen molar-refractivity contribution in [1.29, 1.82) is 0 Å². The van der Waals surface area contributed by atoms with Crippen LogP contribution < -0.4 is 0 Å². The molecule has 336 valence electrons. The van der Waals surface area contributed by atoms with Crippen LogP contribution in [-0.2, 0) is 47.5 Å². The molecule has 0 aromatic carbocycles. The monoisotopic (exact) mass is 832 g/mol. The Morgan fingerprint density at radius 3 is 1.10 bits per heavy atom. The third-order valence-corrected chi connectivity index (χ3v) is 6.60. The van der Waals surface area contributed by atoms with Gasteiger partial charge in [-0.2, -0.15) is 9.80 Å². The molecule has 0 saturated carbocycles. The van der Waals surface area contributed by atoms with Crippen molar-refractivity contribution in [2.24, 2.45) is 0 Å². The van der Waals surface area contributed by atoms with Crippen LogP contribution in [-0.4, -0.2) is 119 Å². The van der Waals surface area contributed by atoms with E-state index in [-0.39, 0.29) is 39.9 Å². The lowest BCUT2D eigenvalue weighted by atomic mass is 10.1. The van der Waals surface area contributed by atoms with Crippen LogP contribution in [0, 0.1) is 0 Å². The first-order valence-corrected chi connectivity index (χ1v) is 18.6. The molecule has 0 spiro atoms. The van der Waals surface area contributed by atoms with Crippen molar-refractivity contribution in [2.45, 2.75) is 171 Å². The number of allylic oxidation sites excluding steroid dienone is 2. The molecule has 0 aromatic rings. The average molecular weight is 833 g/mol. The molecule has 0 aromatic heterocycles. The van der Waals surface area contributed by atoms with Crippen molar-refractivity contribution < 1.29 is 71.8 Å². The lowest BCUT2D eigenvalue weighted by Crippen LogP contribution is -2.52. The molecule has 4 amide bonds. The molecular weight excluding hydrogens is 760 g/mol. The molecule has 0 radical (unpaired) electrons. The molecule has 0 unspecified atom stereocenters. The number of aliphatic hydroxyl groups excluding tert-OH is 1. The fourth-order valence-corrected chi connectivity index (χ4v) is 4.22. The minimum atomic E-state index is -1.30. The molecular formula is C41H72N2O15. The zero-order valence-corrected chi connectivity index (χ0v) is 37.1. The molecule has 0 aliphatic carbocycles. The number of imide groups is 2. The van der Waals surface area contributed by atoms with E-state index in [4.69, 9.17) is 38.3 Å². The highest BCUT2D eigenvalue weighted by Gasteiger charge is 2.42. The number of esters is 3. The first kappa shape index (κ1) is 57.7. The van der Waals surface area contributed by atoms with Gasteiger partial charge in [-0.05, 0) is 130 Å². The number of carbonyl (C=O) groups is 7. The Kier molecular flexibility index (Phi) is 25.5. The van der Waals surface area contributed by atoms with Gasteiger partial charge in [0.05, 0.1) is 27.4 Å². The van der Waals surface area contributed by atoms with Gasteiger partial charge in [-0.15, -0.1) is 0 Å². The summed E-state index contributed by atoms with van der Waals surface area (Å²) in [6.45, 7) is 24.8. The van der Waals surface area contributed by atoms with Crippen LogP contribution in [0.2, 0.25) is 0 Å². The summed E-state index contributed by atoms with van der Waals surface area (Å²) in [5, 5.41) is 9.08. The van der Waals surface area contributed by atoms with Gasteiger partial charge in [0.1, 0.15) is 34.5 Å². The number of carbonyl (C=O) groups excluding carboxylic acids is 7. The van der Waals surface area contributed by atoms with E-state index in [1.807, 2.05) is 0 Å². The Morgan fingerprint density at radius 1 is 0.569 bits per heavy atom. The van der Waals surface area contributed by atoms with Gasteiger partial charge >= 0.3 is 42.3 Å². The molecule has 17 nitrogen and oxygen atoms in total. The number of aliphatic hydroxyl groups is 1. The van der Waals surface area contributed by atoms with Crippen molar-refractivity contribution in [3.8, 4) is 0 Å². The maximum atomic E-state index is 12.7. The molecule has 0 fully saturated rings. The van der Waals surface area contributed by atoms with Gasteiger partial charge in [0.15, 0.2) is 0 Å². The predicted molar refractivity (Wildman–Crippen MR) is 217 cm³/mol. The Bertz CT molecular complexity index is 1370. The molecule has 2 atom stereocenters. The number of hydrogen-bond donors (Lipinski definition) is 1. The number of amides is 4. The number of rotatable bonds is 13. The molecule has 1 N–H and O–H groups in total. The lowest BCUT2D eigenvalue weighted by Gasteiger charge is -2.32. The summed E-state index contributed by atoms with van der Waals surface area (Å²) < 4.78 is 35.6. The van der Waals surface area contributed by atoms with Crippen LogP contribution in [0.5, 0.6) is 0 Å². The van der Waals surface area contributed by atoms with Crippen molar-refractivity contribution >= 4 is 42.3 Å². The highest BCUT2D eigenvalue weighted by atomic mass is 16.6. The van der Waals surface area contributed by atoms with Crippen LogP contribution >= 0.6 is 0 Å². The lowest BCUT2D eigenvalue weighted by molar-refractivity contribution is -0.147. The summed E-state index contributed by atoms with van der Waals surface area (Å²) >= 11 is 0.